The van der Waals surface area contributed by atoms with Crippen LogP contribution in [0.2, 0.25) is 0 Å². The number of carbonyl (C=O) groups excluding carboxylic acids is 1. The van der Waals surface area contributed by atoms with Gasteiger partial charge in [-0.2, -0.15) is 0 Å². The third-order valence-corrected chi connectivity index (χ3v) is 5.49. The minimum Gasteiger partial charge on any atom is -0.493 e. The second kappa shape index (κ2) is 8.21. The lowest BCUT2D eigenvalue weighted by Gasteiger charge is -2.29. The van der Waals surface area contributed by atoms with Crippen molar-refractivity contribution in [2.45, 2.75) is 25.3 Å². The fraction of sp³-hybridized carbons (Fsp3) is 0.409. The van der Waals surface area contributed by atoms with Crippen molar-refractivity contribution in [3.63, 3.8) is 0 Å². The molecule has 0 amide bonds. The van der Waals surface area contributed by atoms with Crippen molar-refractivity contribution in [2.24, 2.45) is 0 Å². The highest BCUT2D eigenvalue weighted by Gasteiger charge is 2.26. The van der Waals surface area contributed by atoms with Crippen molar-refractivity contribution < 1.29 is 28.5 Å². The van der Waals surface area contributed by atoms with Gasteiger partial charge in [0.25, 0.3) is 0 Å². The SMILES string of the molecule is COC(=O)Cc1cc2c(cc1CC1NCCc3cc(OC)c(OC)cc31)OCO2. The van der Waals surface area contributed by atoms with Gasteiger partial charge in [0.1, 0.15) is 0 Å². The molecule has 0 spiro atoms. The molecule has 0 radical (unpaired) electrons. The van der Waals surface area contributed by atoms with Crippen LogP contribution in [0.15, 0.2) is 24.3 Å². The summed E-state index contributed by atoms with van der Waals surface area (Å²) in [7, 11) is 4.68. The summed E-state index contributed by atoms with van der Waals surface area (Å²) in [5, 5.41) is 3.59. The highest BCUT2D eigenvalue weighted by atomic mass is 16.7. The number of nitrogens with one attached hydrogen (secondary N) is 1. The molecular formula is C22H25NO6. The predicted octanol–water partition coefficient (Wildman–Crippen LogP) is 2.58. The molecule has 2 aromatic rings. The van der Waals surface area contributed by atoms with E-state index in [0.29, 0.717) is 23.7 Å². The summed E-state index contributed by atoms with van der Waals surface area (Å²) in [6.45, 7) is 1.06. The van der Waals surface area contributed by atoms with E-state index >= 15 is 0 Å². The molecule has 2 aliphatic rings. The molecule has 1 N–H and O–H groups in total. The molecule has 0 aromatic heterocycles. The van der Waals surface area contributed by atoms with Gasteiger partial charge in [0.15, 0.2) is 23.0 Å². The van der Waals surface area contributed by atoms with E-state index in [4.69, 9.17) is 23.7 Å². The summed E-state index contributed by atoms with van der Waals surface area (Å²) < 4.78 is 26.9. The van der Waals surface area contributed by atoms with Gasteiger partial charge in [-0.15, -0.1) is 0 Å². The Balaban J connectivity index is 1.69. The van der Waals surface area contributed by atoms with Crippen LogP contribution in [-0.2, 0) is 28.8 Å². The van der Waals surface area contributed by atoms with Crippen LogP contribution in [0.25, 0.3) is 0 Å². The maximum atomic E-state index is 11.9. The van der Waals surface area contributed by atoms with Crippen LogP contribution in [0.4, 0.5) is 0 Å². The van der Waals surface area contributed by atoms with Crippen LogP contribution >= 0.6 is 0 Å². The Morgan fingerprint density at radius 1 is 1.03 bits per heavy atom. The third kappa shape index (κ3) is 3.82. The van der Waals surface area contributed by atoms with Gasteiger partial charge in [0.05, 0.1) is 27.8 Å². The largest absolute Gasteiger partial charge is 0.493 e. The van der Waals surface area contributed by atoms with E-state index in [1.54, 1.807) is 14.2 Å². The zero-order valence-electron chi connectivity index (χ0n) is 16.9. The number of fused-ring (bicyclic) bond motifs is 2. The number of hydrogen-bond donors (Lipinski definition) is 1. The van der Waals surface area contributed by atoms with Crippen LogP contribution in [0.5, 0.6) is 23.0 Å². The Bertz CT molecular complexity index is 926. The number of benzene rings is 2. The zero-order chi connectivity index (χ0) is 20.4. The summed E-state index contributed by atoms with van der Waals surface area (Å²) in [4.78, 5) is 11.9. The van der Waals surface area contributed by atoms with E-state index in [1.807, 2.05) is 18.2 Å². The molecule has 2 aliphatic heterocycles. The molecule has 1 unspecified atom stereocenters. The Hall–Kier alpha value is -2.93. The molecule has 154 valence electrons. The fourth-order valence-electron chi connectivity index (χ4n) is 3.98. The second-order valence-electron chi connectivity index (χ2n) is 7.09. The average Bonchev–Trinajstić information content (AvgIpc) is 3.20. The highest BCUT2D eigenvalue weighted by Crippen LogP contribution is 2.39. The lowest BCUT2D eigenvalue weighted by molar-refractivity contribution is -0.139. The van der Waals surface area contributed by atoms with Gasteiger partial charge in [-0.05, 0) is 65.9 Å². The molecule has 1 atom stereocenters. The zero-order valence-corrected chi connectivity index (χ0v) is 16.9. The van der Waals surface area contributed by atoms with Crippen molar-refractivity contribution in [2.75, 3.05) is 34.7 Å². The number of carbonyl (C=O) groups is 1. The van der Waals surface area contributed by atoms with Gasteiger partial charge in [0, 0.05) is 6.04 Å². The van der Waals surface area contributed by atoms with E-state index < -0.39 is 0 Å². The summed E-state index contributed by atoms with van der Waals surface area (Å²) in [5.41, 5.74) is 4.33. The minimum absolute atomic E-state index is 0.0790. The van der Waals surface area contributed by atoms with Crippen molar-refractivity contribution in [3.05, 3.63) is 46.5 Å². The van der Waals surface area contributed by atoms with Gasteiger partial charge >= 0.3 is 5.97 Å². The highest BCUT2D eigenvalue weighted by molar-refractivity contribution is 5.73. The Labute approximate surface area is 169 Å². The molecule has 2 aromatic carbocycles. The smallest absolute Gasteiger partial charge is 0.309 e. The van der Waals surface area contributed by atoms with E-state index in [-0.39, 0.29) is 25.2 Å². The Kier molecular flexibility index (Phi) is 5.49. The minimum atomic E-state index is -0.284. The van der Waals surface area contributed by atoms with Gasteiger partial charge in [-0.3, -0.25) is 4.79 Å². The first-order valence-electron chi connectivity index (χ1n) is 9.59. The number of ether oxygens (including phenoxy) is 5. The average molecular weight is 399 g/mol. The first kappa shape index (κ1) is 19.4. The second-order valence-corrected chi connectivity index (χ2v) is 7.09. The lowest BCUT2D eigenvalue weighted by Crippen LogP contribution is -2.31. The summed E-state index contributed by atoms with van der Waals surface area (Å²) in [5.74, 6) is 2.53. The maximum absolute atomic E-state index is 11.9. The number of hydrogen-bond acceptors (Lipinski definition) is 7. The molecular weight excluding hydrogens is 374 g/mol. The molecule has 7 heteroatoms. The van der Waals surface area contributed by atoms with E-state index in [9.17, 15) is 4.79 Å². The topological polar surface area (TPSA) is 75.3 Å². The molecule has 0 bridgehead atoms. The fourth-order valence-corrected chi connectivity index (χ4v) is 3.98. The number of rotatable bonds is 6. The molecule has 7 nitrogen and oxygen atoms in total. The van der Waals surface area contributed by atoms with Crippen molar-refractivity contribution >= 4 is 5.97 Å². The van der Waals surface area contributed by atoms with Crippen LogP contribution in [-0.4, -0.2) is 40.6 Å². The molecule has 29 heavy (non-hydrogen) atoms. The summed E-state index contributed by atoms with van der Waals surface area (Å²) in [6, 6.07) is 8.02. The maximum Gasteiger partial charge on any atom is 0.309 e. The number of esters is 1. The van der Waals surface area contributed by atoms with E-state index in [2.05, 4.69) is 11.4 Å². The first-order chi connectivity index (χ1) is 14.1. The van der Waals surface area contributed by atoms with Crippen LogP contribution in [0.3, 0.4) is 0 Å². The molecule has 0 aliphatic carbocycles. The monoisotopic (exact) mass is 399 g/mol. The molecule has 0 fully saturated rings. The molecule has 2 heterocycles. The van der Waals surface area contributed by atoms with E-state index in [1.165, 1.54) is 18.2 Å². The van der Waals surface area contributed by atoms with Gasteiger partial charge in [0.2, 0.25) is 6.79 Å². The van der Waals surface area contributed by atoms with Crippen LogP contribution in [0.1, 0.15) is 28.3 Å². The summed E-state index contributed by atoms with van der Waals surface area (Å²) >= 11 is 0. The van der Waals surface area contributed by atoms with Crippen molar-refractivity contribution in [3.8, 4) is 23.0 Å². The van der Waals surface area contributed by atoms with Crippen LogP contribution < -0.4 is 24.3 Å². The lowest BCUT2D eigenvalue weighted by atomic mass is 9.88. The number of methoxy groups -OCH3 is 3. The molecule has 0 saturated heterocycles. The third-order valence-electron chi connectivity index (χ3n) is 5.49. The Morgan fingerprint density at radius 2 is 1.72 bits per heavy atom. The van der Waals surface area contributed by atoms with E-state index in [0.717, 1.165) is 29.8 Å². The standard InChI is InChI=1S/C22H25NO6/c1-25-18-7-13-4-5-23-17(16(13)11-19(18)26-2)6-14-8-20-21(29-12-28-20)9-15(14)10-22(24)27-3/h7-9,11,17,23H,4-6,10,12H2,1-3H3. The van der Waals surface area contributed by atoms with Crippen LogP contribution in [0, 0.1) is 0 Å². The van der Waals surface area contributed by atoms with Gasteiger partial charge in [-0.25, -0.2) is 0 Å². The molecule has 4 rings (SSSR count). The molecule has 0 saturated carbocycles. The van der Waals surface area contributed by atoms with Gasteiger partial charge < -0.3 is 29.0 Å². The summed E-state index contributed by atoms with van der Waals surface area (Å²) in [6.07, 6.45) is 1.81. The first-order valence-corrected chi connectivity index (χ1v) is 9.59. The predicted molar refractivity (Wildman–Crippen MR) is 106 cm³/mol. The van der Waals surface area contributed by atoms with Gasteiger partial charge in [-0.1, -0.05) is 0 Å². The normalized spacial score (nSPS) is 16.9. The van der Waals surface area contributed by atoms with Crippen molar-refractivity contribution in [1.29, 1.82) is 0 Å². The van der Waals surface area contributed by atoms with Crippen molar-refractivity contribution in [1.82, 2.24) is 5.32 Å². The Morgan fingerprint density at radius 3 is 2.41 bits per heavy atom. The quantitative estimate of drug-likeness (QED) is 0.749.